The number of nitrogens with zero attached hydrogens (tertiary/aromatic N) is 1. The summed E-state index contributed by atoms with van der Waals surface area (Å²) in [6.45, 7) is 4.12. The molecule has 216 valence electrons. The van der Waals surface area contributed by atoms with Gasteiger partial charge >= 0.3 is 5.97 Å². The maximum Gasteiger partial charge on any atom is 0.328 e. The number of aliphatic hydroxyl groups excluding tert-OH is 1. The van der Waals surface area contributed by atoms with Gasteiger partial charge in [-0.25, -0.2) is 4.79 Å². The summed E-state index contributed by atoms with van der Waals surface area (Å²) in [5, 5.41) is 12.8. The zero-order chi connectivity index (χ0) is 27.7. The number of rotatable bonds is 24. The minimum atomic E-state index is -0.877. The van der Waals surface area contributed by atoms with E-state index >= 15 is 0 Å². The normalized spacial score (nSPS) is 13.7. The molecule has 1 amide bonds. The van der Waals surface area contributed by atoms with E-state index in [-0.39, 0.29) is 31.4 Å². The number of aliphatic imine (C=N–C) groups is 1. The number of hydrogen-bond acceptors (Lipinski definition) is 6. The summed E-state index contributed by atoms with van der Waals surface area (Å²) in [7, 11) is 0. The standard InChI is InChI=1S/C28H55N5O4/c1-3-5-7-8-9-10-11-12-13-14-15-16-17-19-26(35)33-24(20-21-32-28(30)31)27(36)37-22-23(29)25(34)18-6-4-2/h4,6,23-25,34H,3,5,7-22,29H2,1-2H3,(H,33,35)(H4,30,31,32)/t23-,24?,25+/m0/s1. The molecule has 3 atom stereocenters. The highest BCUT2D eigenvalue weighted by molar-refractivity contribution is 5.84. The molecule has 9 nitrogen and oxygen atoms in total. The number of allylic oxidation sites excluding steroid dienone is 1. The van der Waals surface area contributed by atoms with Crippen LogP contribution in [-0.2, 0) is 14.3 Å². The molecular formula is C28H55N5O4. The Bertz CT molecular complexity index is 638. The first kappa shape index (κ1) is 34.9. The number of carbonyl (C=O) groups is 2. The second-order valence-corrected chi connectivity index (χ2v) is 9.87. The monoisotopic (exact) mass is 525 g/mol. The van der Waals surface area contributed by atoms with Crippen molar-refractivity contribution >= 4 is 17.8 Å². The predicted molar refractivity (Wildman–Crippen MR) is 152 cm³/mol. The molecule has 0 aromatic rings. The van der Waals surface area contributed by atoms with Crippen LogP contribution in [0.5, 0.6) is 0 Å². The molecule has 0 saturated heterocycles. The van der Waals surface area contributed by atoms with Crippen LogP contribution in [0, 0.1) is 0 Å². The minimum absolute atomic E-state index is 0.0838. The van der Waals surface area contributed by atoms with Gasteiger partial charge in [-0.05, 0) is 26.2 Å². The van der Waals surface area contributed by atoms with Gasteiger partial charge < -0.3 is 32.4 Å². The molecule has 0 aliphatic rings. The van der Waals surface area contributed by atoms with E-state index < -0.39 is 24.2 Å². The third-order valence-corrected chi connectivity index (χ3v) is 6.36. The summed E-state index contributed by atoms with van der Waals surface area (Å²) >= 11 is 0. The van der Waals surface area contributed by atoms with E-state index in [9.17, 15) is 14.7 Å². The molecule has 1 unspecified atom stereocenters. The smallest absolute Gasteiger partial charge is 0.328 e. The van der Waals surface area contributed by atoms with Gasteiger partial charge in [-0.3, -0.25) is 9.79 Å². The van der Waals surface area contributed by atoms with E-state index in [0.717, 1.165) is 19.3 Å². The molecular weight excluding hydrogens is 470 g/mol. The number of ether oxygens (including phenoxy) is 1. The third kappa shape index (κ3) is 21.6. The number of hydrogen-bond donors (Lipinski definition) is 5. The molecule has 0 aliphatic heterocycles. The van der Waals surface area contributed by atoms with E-state index in [2.05, 4.69) is 17.2 Å². The van der Waals surface area contributed by atoms with Crippen molar-refractivity contribution in [3.63, 3.8) is 0 Å². The first-order chi connectivity index (χ1) is 17.8. The number of amides is 1. The van der Waals surface area contributed by atoms with Gasteiger partial charge in [0.1, 0.15) is 12.6 Å². The van der Waals surface area contributed by atoms with Crippen molar-refractivity contribution in [1.29, 1.82) is 0 Å². The van der Waals surface area contributed by atoms with Crippen LogP contribution >= 0.6 is 0 Å². The summed E-state index contributed by atoms with van der Waals surface area (Å²) in [4.78, 5) is 28.9. The largest absolute Gasteiger partial charge is 0.462 e. The summed E-state index contributed by atoms with van der Waals surface area (Å²) in [6.07, 6.45) is 19.8. The molecule has 0 aliphatic carbocycles. The molecule has 9 heteroatoms. The molecule has 0 aromatic heterocycles. The van der Waals surface area contributed by atoms with Gasteiger partial charge in [0, 0.05) is 13.0 Å². The van der Waals surface area contributed by atoms with Crippen LogP contribution < -0.4 is 22.5 Å². The molecule has 0 aromatic carbocycles. The Labute approximate surface area is 225 Å². The lowest BCUT2D eigenvalue weighted by atomic mass is 10.0. The highest BCUT2D eigenvalue weighted by atomic mass is 16.5. The second kappa shape index (κ2) is 24.2. The molecule has 0 fully saturated rings. The fourth-order valence-electron chi connectivity index (χ4n) is 3.98. The van der Waals surface area contributed by atoms with Crippen molar-refractivity contribution in [2.75, 3.05) is 13.2 Å². The molecule has 0 rings (SSSR count). The Morgan fingerprint density at radius 2 is 1.49 bits per heavy atom. The van der Waals surface area contributed by atoms with Crippen molar-refractivity contribution in [3.8, 4) is 0 Å². The number of aliphatic hydroxyl groups is 1. The predicted octanol–water partition coefficient (Wildman–Crippen LogP) is 3.81. The van der Waals surface area contributed by atoms with Crippen LogP contribution in [0.1, 0.15) is 117 Å². The van der Waals surface area contributed by atoms with E-state index in [1.54, 1.807) is 6.08 Å². The second-order valence-electron chi connectivity index (χ2n) is 9.87. The molecule has 37 heavy (non-hydrogen) atoms. The molecule has 0 bridgehead atoms. The zero-order valence-corrected chi connectivity index (χ0v) is 23.5. The van der Waals surface area contributed by atoms with Gasteiger partial charge in [0.05, 0.1) is 12.1 Å². The Morgan fingerprint density at radius 3 is 2.00 bits per heavy atom. The number of esters is 1. The molecule has 0 saturated carbocycles. The number of nitrogens with one attached hydrogen (secondary N) is 1. The van der Waals surface area contributed by atoms with E-state index in [0.29, 0.717) is 12.8 Å². The topological polar surface area (TPSA) is 166 Å². The molecule has 0 radical (unpaired) electrons. The first-order valence-corrected chi connectivity index (χ1v) is 14.4. The summed E-state index contributed by atoms with van der Waals surface area (Å²) in [6, 6.07) is -1.60. The number of carbonyl (C=O) groups excluding carboxylic acids is 2. The maximum atomic E-state index is 12.6. The van der Waals surface area contributed by atoms with E-state index in [4.69, 9.17) is 21.9 Å². The minimum Gasteiger partial charge on any atom is -0.462 e. The van der Waals surface area contributed by atoms with Crippen LogP contribution in [-0.4, -0.2) is 54.3 Å². The lowest BCUT2D eigenvalue weighted by molar-refractivity contribution is -0.149. The SMILES string of the molecule is CC=CC[C@@H](O)[C@@H](N)COC(=O)C(CCN=C(N)N)NC(=O)CCCCCCCCCCCCCCC. The fourth-order valence-corrected chi connectivity index (χ4v) is 3.98. The summed E-state index contributed by atoms with van der Waals surface area (Å²) in [5.74, 6) is -0.898. The van der Waals surface area contributed by atoms with Crippen molar-refractivity contribution in [2.45, 2.75) is 135 Å². The van der Waals surface area contributed by atoms with Crippen LogP contribution in [0.4, 0.5) is 0 Å². The van der Waals surface area contributed by atoms with Crippen LogP contribution in [0.2, 0.25) is 0 Å². The highest BCUT2D eigenvalue weighted by Gasteiger charge is 2.24. The van der Waals surface area contributed by atoms with E-state index in [1.807, 2.05) is 13.0 Å². The van der Waals surface area contributed by atoms with Gasteiger partial charge in [-0.1, -0.05) is 96.1 Å². The highest BCUT2D eigenvalue weighted by Crippen LogP contribution is 2.13. The van der Waals surface area contributed by atoms with Gasteiger partial charge in [-0.2, -0.15) is 0 Å². The number of guanidine groups is 1. The van der Waals surface area contributed by atoms with Gasteiger partial charge in [0.25, 0.3) is 0 Å². The Hall–Kier alpha value is -2.13. The van der Waals surface area contributed by atoms with Gasteiger partial charge in [0.15, 0.2) is 5.96 Å². The van der Waals surface area contributed by atoms with Crippen molar-refractivity contribution in [1.82, 2.24) is 5.32 Å². The van der Waals surface area contributed by atoms with Crippen LogP contribution in [0.15, 0.2) is 17.1 Å². The van der Waals surface area contributed by atoms with Gasteiger partial charge in [0.2, 0.25) is 5.91 Å². The quantitative estimate of drug-likeness (QED) is 0.0420. The number of unbranched alkanes of at least 4 members (excludes halogenated alkanes) is 12. The van der Waals surface area contributed by atoms with Crippen molar-refractivity contribution in [3.05, 3.63) is 12.2 Å². The maximum absolute atomic E-state index is 12.6. The molecule has 0 heterocycles. The molecule has 8 N–H and O–H groups in total. The van der Waals surface area contributed by atoms with Crippen molar-refractivity contribution in [2.24, 2.45) is 22.2 Å². The zero-order valence-electron chi connectivity index (χ0n) is 23.5. The van der Waals surface area contributed by atoms with Crippen molar-refractivity contribution < 1.29 is 19.4 Å². The van der Waals surface area contributed by atoms with Gasteiger partial charge in [-0.15, -0.1) is 0 Å². The average Bonchev–Trinajstić information content (AvgIpc) is 2.87. The average molecular weight is 526 g/mol. The lowest BCUT2D eigenvalue weighted by Gasteiger charge is -2.21. The Kier molecular flexibility index (Phi) is 22.8. The Morgan fingerprint density at radius 1 is 0.946 bits per heavy atom. The fraction of sp³-hybridized carbons (Fsp3) is 0.821. The van der Waals surface area contributed by atoms with Crippen LogP contribution in [0.3, 0.4) is 0 Å². The summed E-state index contributed by atoms with van der Waals surface area (Å²) < 4.78 is 5.27. The summed E-state index contributed by atoms with van der Waals surface area (Å²) in [5.41, 5.74) is 16.6. The lowest BCUT2D eigenvalue weighted by Crippen LogP contribution is -2.45. The van der Waals surface area contributed by atoms with E-state index in [1.165, 1.54) is 64.2 Å². The number of nitrogens with two attached hydrogens (primary N) is 3. The molecule has 0 spiro atoms. The third-order valence-electron chi connectivity index (χ3n) is 6.36. The van der Waals surface area contributed by atoms with Crippen LogP contribution in [0.25, 0.3) is 0 Å². The first-order valence-electron chi connectivity index (χ1n) is 14.4. The Balaban J connectivity index is 4.22.